The first kappa shape index (κ1) is 11.3. The second-order valence-electron chi connectivity index (χ2n) is 3.17. The Balaban J connectivity index is 3.13. The highest BCUT2D eigenvalue weighted by Crippen LogP contribution is 2.33. The lowest BCUT2D eigenvalue weighted by Crippen LogP contribution is -2.24. The van der Waals surface area contributed by atoms with Crippen LogP contribution in [0.5, 0.6) is 5.75 Å². The number of methoxy groups -OCH3 is 1. The van der Waals surface area contributed by atoms with Crippen LogP contribution >= 0.6 is 11.6 Å². The van der Waals surface area contributed by atoms with Crippen molar-refractivity contribution < 1.29 is 9.84 Å². The third kappa shape index (κ3) is 2.18. The van der Waals surface area contributed by atoms with Crippen molar-refractivity contribution in [2.75, 3.05) is 7.11 Å². The van der Waals surface area contributed by atoms with Gasteiger partial charge in [-0.3, -0.25) is 0 Å². The first-order valence-electron chi connectivity index (χ1n) is 4.34. The maximum absolute atomic E-state index is 9.77. The van der Waals surface area contributed by atoms with Gasteiger partial charge >= 0.3 is 0 Å². The third-order valence-electron chi connectivity index (χ3n) is 2.02. The number of rotatable bonds is 3. The molecule has 0 bridgehead atoms. The molecule has 3 nitrogen and oxygen atoms in total. The van der Waals surface area contributed by atoms with E-state index in [-0.39, 0.29) is 6.04 Å². The highest BCUT2D eigenvalue weighted by molar-refractivity contribution is 6.32. The monoisotopic (exact) mass is 215 g/mol. The Morgan fingerprint density at radius 3 is 2.64 bits per heavy atom. The van der Waals surface area contributed by atoms with E-state index in [1.807, 2.05) is 0 Å². The minimum absolute atomic E-state index is 0.359. The van der Waals surface area contributed by atoms with Gasteiger partial charge in [0.1, 0.15) is 5.75 Å². The molecule has 0 radical (unpaired) electrons. The largest absolute Gasteiger partial charge is 0.495 e. The summed E-state index contributed by atoms with van der Waals surface area (Å²) in [5.41, 5.74) is 6.21. The van der Waals surface area contributed by atoms with Gasteiger partial charge in [-0.1, -0.05) is 23.7 Å². The number of para-hydroxylation sites is 1. The zero-order valence-electron chi connectivity index (χ0n) is 8.20. The molecule has 0 unspecified atom stereocenters. The highest BCUT2D eigenvalue weighted by Gasteiger charge is 2.18. The number of aliphatic hydroxyl groups is 1. The molecule has 0 aliphatic rings. The fourth-order valence-electron chi connectivity index (χ4n) is 1.26. The van der Waals surface area contributed by atoms with E-state index in [1.165, 1.54) is 7.11 Å². The van der Waals surface area contributed by atoms with E-state index in [2.05, 4.69) is 0 Å². The Bertz CT molecular complexity index is 315. The standard InChI is InChI=1S/C10H14ClNO2/c1-6(12)9(13)7-4-3-5-8(11)10(7)14-2/h3-6,9,13H,12H2,1-2H3/t6-,9-/m1/s1. The molecule has 0 saturated carbocycles. The Kier molecular flexibility index (Phi) is 3.75. The number of nitrogens with two attached hydrogens (primary N) is 1. The normalized spacial score (nSPS) is 14.9. The Labute approximate surface area is 88.4 Å². The van der Waals surface area contributed by atoms with Crippen LogP contribution in [-0.2, 0) is 0 Å². The van der Waals surface area contributed by atoms with Crippen LogP contribution in [0.3, 0.4) is 0 Å². The molecule has 1 aromatic rings. The number of benzene rings is 1. The quantitative estimate of drug-likeness (QED) is 0.808. The summed E-state index contributed by atoms with van der Waals surface area (Å²) in [7, 11) is 1.51. The van der Waals surface area contributed by atoms with Crippen LogP contribution in [0.2, 0.25) is 5.02 Å². The average molecular weight is 216 g/mol. The molecule has 0 aromatic heterocycles. The summed E-state index contributed by atoms with van der Waals surface area (Å²) >= 11 is 5.90. The summed E-state index contributed by atoms with van der Waals surface area (Å²) in [6.07, 6.45) is -0.761. The average Bonchev–Trinajstić information content (AvgIpc) is 2.16. The molecule has 0 saturated heterocycles. The summed E-state index contributed by atoms with van der Waals surface area (Å²) < 4.78 is 5.10. The van der Waals surface area contributed by atoms with Gasteiger partial charge in [-0.05, 0) is 13.0 Å². The minimum atomic E-state index is -0.761. The molecular formula is C10H14ClNO2. The Morgan fingerprint density at radius 1 is 1.50 bits per heavy atom. The van der Waals surface area contributed by atoms with Crippen LogP contribution in [-0.4, -0.2) is 18.3 Å². The molecule has 0 aliphatic heterocycles. The van der Waals surface area contributed by atoms with E-state index < -0.39 is 6.10 Å². The predicted octanol–water partition coefficient (Wildman–Crippen LogP) is 1.73. The maximum Gasteiger partial charge on any atom is 0.143 e. The lowest BCUT2D eigenvalue weighted by molar-refractivity contribution is 0.149. The van der Waals surface area contributed by atoms with Gasteiger partial charge in [-0.2, -0.15) is 0 Å². The molecule has 0 heterocycles. The minimum Gasteiger partial charge on any atom is -0.495 e. The molecule has 2 atom stereocenters. The van der Waals surface area contributed by atoms with Crippen LogP contribution in [0, 0.1) is 0 Å². The van der Waals surface area contributed by atoms with Gasteiger partial charge in [0.25, 0.3) is 0 Å². The van der Waals surface area contributed by atoms with E-state index in [0.717, 1.165) is 0 Å². The molecule has 14 heavy (non-hydrogen) atoms. The topological polar surface area (TPSA) is 55.5 Å². The van der Waals surface area contributed by atoms with Crippen molar-refractivity contribution >= 4 is 11.6 Å². The number of aliphatic hydroxyl groups excluding tert-OH is 1. The summed E-state index contributed by atoms with van der Waals surface area (Å²) in [5, 5.41) is 10.2. The van der Waals surface area contributed by atoms with Crippen molar-refractivity contribution in [1.29, 1.82) is 0 Å². The van der Waals surface area contributed by atoms with Crippen molar-refractivity contribution in [3.63, 3.8) is 0 Å². The molecule has 0 aliphatic carbocycles. The van der Waals surface area contributed by atoms with E-state index in [9.17, 15) is 5.11 Å². The van der Waals surface area contributed by atoms with Crippen molar-refractivity contribution in [1.82, 2.24) is 0 Å². The van der Waals surface area contributed by atoms with E-state index in [1.54, 1.807) is 25.1 Å². The Hall–Kier alpha value is -0.770. The number of ether oxygens (including phenoxy) is 1. The van der Waals surface area contributed by atoms with Crippen molar-refractivity contribution in [2.24, 2.45) is 5.73 Å². The molecule has 0 fully saturated rings. The number of hydrogen-bond donors (Lipinski definition) is 2. The molecule has 1 rings (SSSR count). The SMILES string of the molecule is COc1c(Cl)cccc1[C@H](O)[C@@H](C)N. The van der Waals surface area contributed by atoms with Gasteiger partial charge in [-0.25, -0.2) is 0 Å². The van der Waals surface area contributed by atoms with E-state index in [4.69, 9.17) is 22.1 Å². The van der Waals surface area contributed by atoms with Gasteiger partial charge in [0.15, 0.2) is 0 Å². The predicted molar refractivity (Wildman–Crippen MR) is 56.6 cm³/mol. The van der Waals surface area contributed by atoms with Crippen molar-refractivity contribution in [3.05, 3.63) is 28.8 Å². The molecule has 0 amide bonds. The van der Waals surface area contributed by atoms with Crippen LogP contribution in [0.15, 0.2) is 18.2 Å². The molecule has 4 heteroatoms. The molecular weight excluding hydrogens is 202 g/mol. The van der Waals surface area contributed by atoms with Crippen LogP contribution in [0.1, 0.15) is 18.6 Å². The van der Waals surface area contributed by atoms with Crippen molar-refractivity contribution in [3.8, 4) is 5.75 Å². The molecule has 0 spiro atoms. The summed E-state index contributed by atoms with van der Waals surface area (Å²) in [5.74, 6) is 0.485. The maximum atomic E-state index is 9.77. The van der Waals surface area contributed by atoms with Crippen LogP contribution in [0.4, 0.5) is 0 Å². The van der Waals surface area contributed by atoms with E-state index in [0.29, 0.717) is 16.3 Å². The second kappa shape index (κ2) is 4.64. The molecule has 1 aromatic carbocycles. The van der Waals surface area contributed by atoms with Gasteiger partial charge < -0.3 is 15.6 Å². The highest BCUT2D eigenvalue weighted by atomic mass is 35.5. The second-order valence-corrected chi connectivity index (χ2v) is 3.57. The zero-order chi connectivity index (χ0) is 10.7. The number of halogens is 1. The zero-order valence-corrected chi connectivity index (χ0v) is 8.95. The summed E-state index contributed by atoms with van der Waals surface area (Å²) in [6, 6.07) is 4.85. The first-order chi connectivity index (χ1) is 6.57. The number of hydrogen-bond acceptors (Lipinski definition) is 3. The van der Waals surface area contributed by atoms with Gasteiger partial charge in [0.05, 0.1) is 18.2 Å². The first-order valence-corrected chi connectivity index (χ1v) is 4.71. The smallest absolute Gasteiger partial charge is 0.143 e. The lowest BCUT2D eigenvalue weighted by atomic mass is 10.0. The molecule has 3 N–H and O–H groups in total. The third-order valence-corrected chi connectivity index (χ3v) is 2.32. The summed E-state index contributed by atoms with van der Waals surface area (Å²) in [4.78, 5) is 0. The van der Waals surface area contributed by atoms with Gasteiger partial charge in [0, 0.05) is 11.6 Å². The van der Waals surface area contributed by atoms with Gasteiger partial charge in [-0.15, -0.1) is 0 Å². The van der Waals surface area contributed by atoms with Gasteiger partial charge in [0.2, 0.25) is 0 Å². The Morgan fingerprint density at radius 2 is 2.14 bits per heavy atom. The lowest BCUT2D eigenvalue weighted by Gasteiger charge is -2.18. The van der Waals surface area contributed by atoms with E-state index >= 15 is 0 Å². The fraction of sp³-hybridized carbons (Fsp3) is 0.400. The van der Waals surface area contributed by atoms with Crippen molar-refractivity contribution in [2.45, 2.75) is 19.1 Å². The summed E-state index contributed by atoms with van der Waals surface area (Å²) in [6.45, 7) is 1.73. The molecule has 78 valence electrons. The van der Waals surface area contributed by atoms with Crippen LogP contribution in [0.25, 0.3) is 0 Å². The van der Waals surface area contributed by atoms with Crippen LogP contribution < -0.4 is 10.5 Å². The fourth-order valence-corrected chi connectivity index (χ4v) is 1.52.